The molecule has 1 amide bonds. The van der Waals surface area contributed by atoms with Gasteiger partial charge in [-0.25, -0.2) is 0 Å². The summed E-state index contributed by atoms with van der Waals surface area (Å²) < 4.78 is 5.46. The van der Waals surface area contributed by atoms with Crippen LogP contribution in [0.15, 0.2) is 24.3 Å². The van der Waals surface area contributed by atoms with Crippen LogP contribution in [0.3, 0.4) is 0 Å². The monoisotopic (exact) mass is 251 g/mol. The zero-order chi connectivity index (χ0) is 13.4. The molecule has 0 aliphatic carbocycles. The van der Waals surface area contributed by atoms with Crippen molar-refractivity contribution in [3.05, 3.63) is 29.8 Å². The molecule has 0 spiro atoms. The van der Waals surface area contributed by atoms with Crippen LogP contribution in [0, 0.1) is 0 Å². The molecule has 0 aliphatic rings. The first-order chi connectivity index (χ1) is 8.63. The topological polar surface area (TPSA) is 58.6 Å². The van der Waals surface area contributed by atoms with E-state index in [0.29, 0.717) is 6.61 Å². The van der Waals surface area contributed by atoms with Gasteiger partial charge in [0, 0.05) is 13.0 Å². The smallest absolute Gasteiger partial charge is 0.217 e. The number of carbonyl (C=O) groups excluding carboxylic acids is 1. The van der Waals surface area contributed by atoms with E-state index >= 15 is 0 Å². The van der Waals surface area contributed by atoms with E-state index < -0.39 is 0 Å². The van der Waals surface area contributed by atoms with Crippen LogP contribution in [0.1, 0.15) is 25.8 Å². The number of aliphatic hydroxyl groups excluding tert-OH is 1. The molecule has 1 atom stereocenters. The van der Waals surface area contributed by atoms with Gasteiger partial charge in [-0.1, -0.05) is 18.2 Å². The Morgan fingerprint density at radius 1 is 1.44 bits per heavy atom. The molecule has 1 aromatic rings. The van der Waals surface area contributed by atoms with Crippen LogP contribution in [0.4, 0.5) is 0 Å². The average molecular weight is 251 g/mol. The highest BCUT2D eigenvalue weighted by atomic mass is 16.5. The number of amides is 1. The molecule has 4 heteroatoms. The first-order valence-corrected chi connectivity index (χ1v) is 6.22. The lowest BCUT2D eigenvalue weighted by atomic mass is 10.1. The number of aryl methyl sites for hydroxylation is 1. The Morgan fingerprint density at radius 2 is 2.17 bits per heavy atom. The van der Waals surface area contributed by atoms with E-state index in [1.165, 1.54) is 6.92 Å². The molecule has 1 rings (SSSR count). The molecule has 0 saturated carbocycles. The fourth-order valence-electron chi connectivity index (χ4n) is 1.80. The number of carbonyl (C=O) groups is 1. The van der Waals surface area contributed by atoms with Crippen LogP contribution in [0.25, 0.3) is 0 Å². The molecule has 1 aromatic carbocycles. The van der Waals surface area contributed by atoms with Crippen molar-refractivity contribution >= 4 is 5.91 Å². The Labute approximate surface area is 108 Å². The molecule has 100 valence electrons. The molecule has 0 radical (unpaired) electrons. The third-order valence-electron chi connectivity index (χ3n) is 2.62. The normalized spacial score (nSPS) is 11.9. The molecule has 0 fully saturated rings. The van der Waals surface area contributed by atoms with Gasteiger partial charge in [0.1, 0.15) is 12.4 Å². The summed E-state index contributed by atoms with van der Waals surface area (Å²) in [4.78, 5) is 10.9. The summed E-state index contributed by atoms with van der Waals surface area (Å²) in [6.07, 6.45) is 1.70. The van der Waals surface area contributed by atoms with Gasteiger partial charge in [0.2, 0.25) is 5.91 Å². The van der Waals surface area contributed by atoms with Crippen molar-refractivity contribution in [1.29, 1.82) is 0 Å². The second-order valence-electron chi connectivity index (χ2n) is 4.32. The molecule has 0 bridgehead atoms. The molecular weight excluding hydrogens is 230 g/mol. The largest absolute Gasteiger partial charge is 0.491 e. The van der Waals surface area contributed by atoms with Crippen LogP contribution >= 0.6 is 0 Å². The lowest BCUT2D eigenvalue weighted by Crippen LogP contribution is -2.30. The van der Waals surface area contributed by atoms with Gasteiger partial charge in [0.25, 0.3) is 0 Å². The summed E-state index contributed by atoms with van der Waals surface area (Å²) in [5, 5.41) is 11.6. The second kappa shape index (κ2) is 7.71. The molecular formula is C14H21NO3. The minimum atomic E-state index is -0.00712. The van der Waals surface area contributed by atoms with E-state index in [9.17, 15) is 4.79 Å². The van der Waals surface area contributed by atoms with Crippen LogP contribution in [0.5, 0.6) is 5.75 Å². The van der Waals surface area contributed by atoms with Crippen LogP contribution in [-0.4, -0.2) is 30.3 Å². The SMILES string of the molecule is CC(=O)NC(C)CCc1ccccc1OCCO. The zero-order valence-electron chi connectivity index (χ0n) is 11.0. The maximum atomic E-state index is 10.9. The molecule has 0 saturated heterocycles. The van der Waals surface area contributed by atoms with Gasteiger partial charge >= 0.3 is 0 Å². The van der Waals surface area contributed by atoms with Gasteiger partial charge in [0.05, 0.1) is 6.61 Å². The average Bonchev–Trinajstić information content (AvgIpc) is 2.34. The van der Waals surface area contributed by atoms with Crippen molar-refractivity contribution in [1.82, 2.24) is 5.32 Å². The molecule has 0 heterocycles. The number of para-hydroxylation sites is 1. The van der Waals surface area contributed by atoms with Gasteiger partial charge in [0.15, 0.2) is 0 Å². The van der Waals surface area contributed by atoms with Crippen LogP contribution in [0.2, 0.25) is 0 Å². The Morgan fingerprint density at radius 3 is 2.83 bits per heavy atom. The van der Waals surface area contributed by atoms with E-state index in [-0.39, 0.29) is 18.6 Å². The van der Waals surface area contributed by atoms with Gasteiger partial charge in [-0.15, -0.1) is 0 Å². The summed E-state index contributed by atoms with van der Waals surface area (Å²) in [5.74, 6) is 0.800. The number of aliphatic hydroxyl groups is 1. The van der Waals surface area contributed by atoms with Gasteiger partial charge in [-0.2, -0.15) is 0 Å². The standard InChI is InChI=1S/C14H21NO3/c1-11(15-12(2)17)7-8-13-5-3-4-6-14(13)18-10-9-16/h3-6,11,16H,7-10H2,1-2H3,(H,15,17). The first-order valence-electron chi connectivity index (χ1n) is 6.22. The fourth-order valence-corrected chi connectivity index (χ4v) is 1.80. The minimum absolute atomic E-state index is 0.00712. The summed E-state index contributed by atoms with van der Waals surface area (Å²) >= 11 is 0. The number of nitrogens with one attached hydrogen (secondary N) is 1. The Kier molecular flexibility index (Phi) is 6.22. The van der Waals surface area contributed by atoms with E-state index in [4.69, 9.17) is 9.84 Å². The third-order valence-corrected chi connectivity index (χ3v) is 2.62. The maximum Gasteiger partial charge on any atom is 0.217 e. The molecule has 1 unspecified atom stereocenters. The fraction of sp³-hybridized carbons (Fsp3) is 0.500. The van der Waals surface area contributed by atoms with Crippen molar-refractivity contribution in [3.63, 3.8) is 0 Å². The molecule has 2 N–H and O–H groups in total. The van der Waals surface area contributed by atoms with Crippen molar-refractivity contribution in [3.8, 4) is 5.75 Å². The van der Waals surface area contributed by atoms with E-state index in [1.807, 2.05) is 31.2 Å². The van der Waals surface area contributed by atoms with E-state index in [0.717, 1.165) is 24.2 Å². The third kappa shape index (κ3) is 5.19. The summed E-state index contributed by atoms with van der Waals surface area (Å²) in [6.45, 7) is 3.82. The highest BCUT2D eigenvalue weighted by Gasteiger charge is 2.07. The lowest BCUT2D eigenvalue weighted by Gasteiger charge is -2.14. The number of ether oxygens (including phenoxy) is 1. The molecule has 4 nitrogen and oxygen atoms in total. The van der Waals surface area contributed by atoms with Crippen molar-refractivity contribution in [2.24, 2.45) is 0 Å². The maximum absolute atomic E-state index is 10.9. The second-order valence-corrected chi connectivity index (χ2v) is 4.32. The predicted octanol–water partition coefficient (Wildman–Crippen LogP) is 1.51. The quantitative estimate of drug-likeness (QED) is 0.772. The molecule has 0 aliphatic heterocycles. The van der Waals surface area contributed by atoms with Crippen molar-refractivity contribution in [2.75, 3.05) is 13.2 Å². The minimum Gasteiger partial charge on any atom is -0.491 e. The lowest BCUT2D eigenvalue weighted by molar-refractivity contribution is -0.119. The van der Waals surface area contributed by atoms with E-state index in [2.05, 4.69) is 5.32 Å². The highest BCUT2D eigenvalue weighted by molar-refractivity contribution is 5.73. The van der Waals surface area contributed by atoms with Gasteiger partial charge in [-0.3, -0.25) is 4.79 Å². The molecule has 0 aromatic heterocycles. The molecule has 18 heavy (non-hydrogen) atoms. The van der Waals surface area contributed by atoms with Crippen molar-refractivity contribution < 1.29 is 14.6 Å². The Balaban J connectivity index is 2.52. The zero-order valence-corrected chi connectivity index (χ0v) is 11.0. The summed E-state index contributed by atoms with van der Waals surface area (Å²) in [5.41, 5.74) is 1.10. The highest BCUT2D eigenvalue weighted by Crippen LogP contribution is 2.20. The van der Waals surface area contributed by atoms with Crippen LogP contribution in [-0.2, 0) is 11.2 Å². The number of hydrogen-bond donors (Lipinski definition) is 2. The van der Waals surface area contributed by atoms with Gasteiger partial charge < -0.3 is 15.2 Å². The first kappa shape index (κ1) is 14.5. The summed E-state index contributed by atoms with van der Waals surface area (Å²) in [7, 11) is 0. The number of rotatable bonds is 7. The number of benzene rings is 1. The predicted molar refractivity (Wildman–Crippen MR) is 70.6 cm³/mol. The van der Waals surface area contributed by atoms with Gasteiger partial charge in [-0.05, 0) is 31.4 Å². The van der Waals surface area contributed by atoms with Crippen LogP contribution < -0.4 is 10.1 Å². The van der Waals surface area contributed by atoms with Crippen molar-refractivity contribution in [2.45, 2.75) is 32.7 Å². The van der Waals surface area contributed by atoms with E-state index in [1.54, 1.807) is 0 Å². The number of hydrogen-bond acceptors (Lipinski definition) is 3. The Bertz CT molecular complexity index is 379. The summed E-state index contributed by atoms with van der Waals surface area (Å²) in [6, 6.07) is 7.92. The Hall–Kier alpha value is -1.55.